The molecule has 0 saturated carbocycles. The SMILES string of the molecule is CCOC(=O)C=C(Nc1ccc2[nH]c(C)c(C)c2c1)C(=O)OCC. The lowest BCUT2D eigenvalue weighted by atomic mass is 10.1. The molecule has 1 aromatic heterocycles. The van der Waals surface area contributed by atoms with Crippen LogP contribution in [0.5, 0.6) is 0 Å². The minimum Gasteiger partial charge on any atom is -0.463 e. The first-order valence-corrected chi connectivity index (χ1v) is 7.87. The first-order valence-electron chi connectivity index (χ1n) is 7.87. The third-order valence-electron chi connectivity index (χ3n) is 3.63. The topological polar surface area (TPSA) is 80.4 Å². The molecule has 0 aliphatic heterocycles. The number of aryl methyl sites for hydroxylation is 2. The maximum atomic E-state index is 12.1. The summed E-state index contributed by atoms with van der Waals surface area (Å²) in [7, 11) is 0. The second-order valence-electron chi connectivity index (χ2n) is 5.29. The number of hydrogen-bond donors (Lipinski definition) is 2. The number of anilines is 1. The van der Waals surface area contributed by atoms with Gasteiger partial charge >= 0.3 is 11.9 Å². The highest BCUT2D eigenvalue weighted by Crippen LogP contribution is 2.25. The second-order valence-corrected chi connectivity index (χ2v) is 5.29. The largest absolute Gasteiger partial charge is 0.463 e. The van der Waals surface area contributed by atoms with Crippen LogP contribution >= 0.6 is 0 Å². The predicted octanol–water partition coefficient (Wildman–Crippen LogP) is 3.21. The number of benzene rings is 1. The Morgan fingerprint density at radius 3 is 2.54 bits per heavy atom. The highest BCUT2D eigenvalue weighted by atomic mass is 16.5. The van der Waals surface area contributed by atoms with E-state index in [2.05, 4.69) is 10.3 Å². The Bertz CT molecular complexity index is 790. The van der Waals surface area contributed by atoms with E-state index in [4.69, 9.17) is 9.47 Å². The van der Waals surface area contributed by atoms with Crippen LogP contribution in [0.25, 0.3) is 10.9 Å². The van der Waals surface area contributed by atoms with Crippen LogP contribution in [0.2, 0.25) is 0 Å². The fourth-order valence-electron chi connectivity index (χ4n) is 2.35. The van der Waals surface area contributed by atoms with Crippen LogP contribution in [0, 0.1) is 13.8 Å². The quantitative estimate of drug-likeness (QED) is 0.628. The smallest absolute Gasteiger partial charge is 0.355 e. The zero-order valence-corrected chi connectivity index (χ0v) is 14.4. The van der Waals surface area contributed by atoms with E-state index >= 15 is 0 Å². The first-order chi connectivity index (χ1) is 11.5. The van der Waals surface area contributed by atoms with Gasteiger partial charge in [0.1, 0.15) is 5.70 Å². The molecule has 0 fully saturated rings. The van der Waals surface area contributed by atoms with E-state index in [-0.39, 0.29) is 18.9 Å². The molecule has 0 saturated heterocycles. The number of carbonyl (C=O) groups is 2. The molecule has 24 heavy (non-hydrogen) atoms. The van der Waals surface area contributed by atoms with Crippen molar-refractivity contribution in [1.82, 2.24) is 4.98 Å². The summed E-state index contributed by atoms with van der Waals surface area (Å²) in [5.41, 5.74) is 3.98. The summed E-state index contributed by atoms with van der Waals surface area (Å²) in [5, 5.41) is 4.01. The Labute approximate surface area is 140 Å². The number of nitrogens with one attached hydrogen (secondary N) is 2. The highest BCUT2D eigenvalue weighted by Gasteiger charge is 2.14. The lowest BCUT2D eigenvalue weighted by Crippen LogP contribution is -2.17. The summed E-state index contributed by atoms with van der Waals surface area (Å²) >= 11 is 0. The molecule has 0 radical (unpaired) electrons. The van der Waals surface area contributed by atoms with Crippen LogP contribution in [-0.4, -0.2) is 30.1 Å². The molecule has 0 unspecified atom stereocenters. The molecule has 2 N–H and O–H groups in total. The van der Waals surface area contributed by atoms with E-state index in [9.17, 15) is 9.59 Å². The normalized spacial score (nSPS) is 11.4. The minimum absolute atomic E-state index is 0.0413. The van der Waals surface area contributed by atoms with Crippen molar-refractivity contribution in [2.45, 2.75) is 27.7 Å². The van der Waals surface area contributed by atoms with Crippen molar-refractivity contribution in [2.24, 2.45) is 0 Å². The first kappa shape index (κ1) is 17.6. The van der Waals surface area contributed by atoms with Crippen molar-refractivity contribution >= 4 is 28.5 Å². The van der Waals surface area contributed by atoms with Crippen LogP contribution < -0.4 is 5.32 Å². The number of aromatic nitrogens is 1. The van der Waals surface area contributed by atoms with Gasteiger partial charge in [-0.05, 0) is 51.5 Å². The summed E-state index contributed by atoms with van der Waals surface area (Å²) < 4.78 is 9.85. The van der Waals surface area contributed by atoms with Gasteiger partial charge in [-0.15, -0.1) is 0 Å². The van der Waals surface area contributed by atoms with Gasteiger partial charge in [0.05, 0.1) is 19.3 Å². The number of H-pyrrole nitrogens is 1. The zero-order valence-electron chi connectivity index (χ0n) is 14.4. The monoisotopic (exact) mass is 330 g/mol. The zero-order chi connectivity index (χ0) is 17.7. The summed E-state index contributed by atoms with van der Waals surface area (Å²) in [6.07, 6.45) is 1.11. The Morgan fingerprint density at radius 1 is 1.17 bits per heavy atom. The van der Waals surface area contributed by atoms with Gasteiger partial charge in [-0.25, -0.2) is 9.59 Å². The van der Waals surface area contributed by atoms with Crippen LogP contribution in [-0.2, 0) is 19.1 Å². The van der Waals surface area contributed by atoms with Crippen molar-refractivity contribution in [1.29, 1.82) is 0 Å². The Balaban J connectivity index is 2.33. The number of ether oxygens (including phenoxy) is 2. The third-order valence-corrected chi connectivity index (χ3v) is 3.63. The number of aromatic amines is 1. The van der Waals surface area contributed by atoms with Gasteiger partial charge in [0.25, 0.3) is 0 Å². The molecule has 0 spiro atoms. The molecule has 0 aliphatic rings. The number of rotatable bonds is 6. The van der Waals surface area contributed by atoms with Crippen molar-refractivity contribution in [2.75, 3.05) is 18.5 Å². The van der Waals surface area contributed by atoms with E-state index in [0.717, 1.165) is 28.2 Å². The molecule has 6 heteroatoms. The Morgan fingerprint density at radius 2 is 1.88 bits per heavy atom. The molecule has 0 atom stereocenters. The molecule has 6 nitrogen and oxygen atoms in total. The number of carbonyl (C=O) groups excluding carboxylic acids is 2. The standard InChI is InChI=1S/C18H22N2O4/c1-5-23-17(21)10-16(18(22)24-6-2)20-13-7-8-15-14(9-13)11(3)12(4)19-15/h7-10,19-20H,5-6H2,1-4H3. The third kappa shape index (κ3) is 3.95. The number of hydrogen-bond acceptors (Lipinski definition) is 5. The van der Waals surface area contributed by atoms with Crippen molar-refractivity contribution < 1.29 is 19.1 Å². The summed E-state index contributed by atoms with van der Waals surface area (Å²) in [6.45, 7) is 7.90. The van der Waals surface area contributed by atoms with Gasteiger partial charge in [-0.2, -0.15) is 0 Å². The van der Waals surface area contributed by atoms with Crippen LogP contribution in [0.3, 0.4) is 0 Å². The van der Waals surface area contributed by atoms with E-state index in [1.165, 1.54) is 0 Å². The van der Waals surface area contributed by atoms with Crippen molar-refractivity contribution in [3.8, 4) is 0 Å². The van der Waals surface area contributed by atoms with E-state index < -0.39 is 11.9 Å². The Hall–Kier alpha value is -2.76. The van der Waals surface area contributed by atoms with E-state index in [0.29, 0.717) is 5.69 Å². The van der Waals surface area contributed by atoms with Gasteiger partial charge in [0.15, 0.2) is 0 Å². The molecule has 0 amide bonds. The molecule has 2 aromatic rings. The minimum atomic E-state index is -0.604. The summed E-state index contributed by atoms with van der Waals surface area (Å²) in [5.74, 6) is -1.20. The molecule has 2 rings (SSSR count). The maximum absolute atomic E-state index is 12.1. The average molecular weight is 330 g/mol. The average Bonchev–Trinajstić information content (AvgIpc) is 2.82. The van der Waals surface area contributed by atoms with E-state index in [1.54, 1.807) is 13.8 Å². The number of fused-ring (bicyclic) bond motifs is 1. The number of esters is 2. The molecule has 0 bridgehead atoms. The van der Waals surface area contributed by atoms with Crippen molar-refractivity contribution in [3.63, 3.8) is 0 Å². The predicted molar refractivity (Wildman–Crippen MR) is 92.7 cm³/mol. The highest BCUT2D eigenvalue weighted by molar-refractivity contribution is 5.99. The van der Waals surface area contributed by atoms with Crippen LogP contribution in [0.15, 0.2) is 30.0 Å². The summed E-state index contributed by atoms with van der Waals surface area (Å²) in [4.78, 5) is 27.0. The fourth-order valence-corrected chi connectivity index (χ4v) is 2.35. The van der Waals surface area contributed by atoms with Crippen LogP contribution in [0.4, 0.5) is 5.69 Å². The lowest BCUT2D eigenvalue weighted by Gasteiger charge is -2.10. The van der Waals surface area contributed by atoms with E-state index in [1.807, 2.05) is 32.0 Å². The molecule has 128 valence electrons. The molecule has 1 aromatic carbocycles. The maximum Gasteiger partial charge on any atom is 0.355 e. The lowest BCUT2D eigenvalue weighted by molar-refractivity contribution is -0.140. The molecule has 1 heterocycles. The molecule has 0 aliphatic carbocycles. The van der Waals surface area contributed by atoms with Gasteiger partial charge < -0.3 is 19.8 Å². The van der Waals surface area contributed by atoms with Crippen molar-refractivity contribution in [3.05, 3.63) is 41.2 Å². The Kier molecular flexibility index (Phi) is 5.63. The van der Waals surface area contributed by atoms with Gasteiger partial charge in [-0.3, -0.25) is 0 Å². The second kappa shape index (κ2) is 7.68. The van der Waals surface area contributed by atoms with Crippen LogP contribution in [0.1, 0.15) is 25.1 Å². The fraction of sp³-hybridized carbons (Fsp3) is 0.333. The van der Waals surface area contributed by atoms with Gasteiger partial charge in [-0.1, -0.05) is 0 Å². The van der Waals surface area contributed by atoms with Gasteiger partial charge in [0.2, 0.25) is 0 Å². The summed E-state index contributed by atoms with van der Waals surface area (Å²) in [6, 6.07) is 5.67. The van der Waals surface area contributed by atoms with Gasteiger partial charge in [0, 0.05) is 22.3 Å². The molecular weight excluding hydrogens is 308 g/mol. The molecular formula is C18H22N2O4.